The van der Waals surface area contributed by atoms with Crippen molar-refractivity contribution in [3.63, 3.8) is 0 Å². The van der Waals surface area contributed by atoms with Crippen LogP contribution < -0.4 is 14.4 Å². The van der Waals surface area contributed by atoms with Gasteiger partial charge in [0.05, 0.1) is 5.52 Å². The quantitative estimate of drug-likeness (QED) is 0.493. The van der Waals surface area contributed by atoms with Crippen molar-refractivity contribution in [1.82, 2.24) is 19.9 Å². The molecule has 0 aliphatic carbocycles. The monoisotopic (exact) mass is 425 g/mol. The van der Waals surface area contributed by atoms with Crippen molar-refractivity contribution in [2.75, 3.05) is 37.9 Å². The lowest BCUT2D eigenvalue weighted by Gasteiger charge is -2.36. The number of aromatic nitrogens is 3. The molecular formula is C25H23N5O2. The molecule has 1 fully saturated rings. The fourth-order valence-electron chi connectivity index (χ4n) is 4.34. The van der Waals surface area contributed by atoms with Gasteiger partial charge in [0.15, 0.2) is 17.3 Å². The van der Waals surface area contributed by atoms with E-state index in [-0.39, 0.29) is 0 Å². The van der Waals surface area contributed by atoms with E-state index in [0.717, 1.165) is 72.3 Å². The van der Waals surface area contributed by atoms with E-state index in [2.05, 4.69) is 45.1 Å². The highest BCUT2D eigenvalue weighted by molar-refractivity contribution is 5.91. The molecule has 0 spiro atoms. The number of fused-ring (bicyclic) bond motifs is 2. The zero-order chi connectivity index (χ0) is 21.3. The molecule has 0 amide bonds. The van der Waals surface area contributed by atoms with E-state index in [1.165, 1.54) is 5.56 Å². The summed E-state index contributed by atoms with van der Waals surface area (Å²) < 4.78 is 10.9. The number of nitrogens with zero attached hydrogens (tertiary/aromatic N) is 5. The number of hydrogen-bond donors (Lipinski definition) is 0. The van der Waals surface area contributed by atoms with Crippen LogP contribution >= 0.6 is 0 Å². The van der Waals surface area contributed by atoms with Crippen molar-refractivity contribution in [3.05, 3.63) is 72.6 Å². The molecule has 7 nitrogen and oxygen atoms in total. The number of hydrogen-bond acceptors (Lipinski definition) is 7. The van der Waals surface area contributed by atoms with Gasteiger partial charge in [-0.25, -0.2) is 9.97 Å². The van der Waals surface area contributed by atoms with Gasteiger partial charge in [0, 0.05) is 56.1 Å². The number of pyridine rings is 1. The number of benzene rings is 2. The molecule has 2 aliphatic rings. The first-order chi connectivity index (χ1) is 15.8. The lowest BCUT2D eigenvalue weighted by atomic mass is 10.1. The molecule has 160 valence electrons. The van der Waals surface area contributed by atoms with Crippen LogP contribution in [0.2, 0.25) is 0 Å². The minimum Gasteiger partial charge on any atom is -0.454 e. The maximum atomic E-state index is 5.52. The lowest BCUT2D eigenvalue weighted by molar-refractivity contribution is 0.174. The summed E-state index contributed by atoms with van der Waals surface area (Å²) in [5.74, 6) is 3.39. The van der Waals surface area contributed by atoms with Gasteiger partial charge in [-0.1, -0.05) is 18.2 Å². The summed E-state index contributed by atoms with van der Waals surface area (Å²) in [6.45, 7) is 4.97. The Balaban J connectivity index is 1.23. The Hall–Kier alpha value is -3.71. The Morgan fingerprint density at radius 2 is 1.72 bits per heavy atom. The number of anilines is 1. The second-order valence-corrected chi connectivity index (χ2v) is 8.08. The van der Waals surface area contributed by atoms with Crippen LogP contribution in [0.15, 0.2) is 67.0 Å². The van der Waals surface area contributed by atoms with Crippen molar-refractivity contribution < 1.29 is 9.47 Å². The van der Waals surface area contributed by atoms with Gasteiger partial charge >= 0.3 is 0 Å². The van der Waals surface area contributed by atoms with Gasteiger partial charge in [-0.2, -0.15) is 0 Å². The van der Waals surface area contributed by atoms with E-state index in [1.54, 1.807) is 6.20 Å². The number of para-hydroxylation sites is 1. The van der Waals surface area contributed by atoms with Crippen LogP contribution in [0.5, 0.6) is 11.5 Å². The summed E-state index contributed by atoms with van der Waals surface area (Å²) in [4.78, 5) is 18.8. The van der Waals surface area contributed by atoms with Crippen molar-refractivity contribution in [2.24, 2.45) is 0 Å². The van der Waals surface area contributed by atoms with Gasteiger partial charge < -0.3 is 14.4 Å². The second-order valence-electron chi connectivity index (χ2n) is 8.08. The zero-order valence-corrected chi connectivity index (χ0v) is 17.6. The molecule has 2 aromatic carbocycles. The fourth-order valence-corrected chi connectivity index (χ4v) is 4.34. The Kier molecular flexibility index (Phi) is 4.81. The molecule has 6 rings (SSSR count). The van der Waals surface area contributed by atoms with Crippen LogP contribution in [0.4, 0.5) is 5.82 Å². The fraction of sp³-hybridized carbons (Fsp3) is 0.240. The van der Waals surface area contributed by atoms with E-state index in [9.17, 15) is 0 Å². The van der Waals surface area contributed by atoms with Crippen molar-refractivity contribution >= 4 is 16.7 Å². The Bertz CT molecular complexity index is 1260. The molecule has 2 aliphatic heterocycles. The Labute approximate surface area is 186 Å². The molecular weight excluding hydrogens is 402 g/mol. The van der Waals surface area contributed by atoms with Gasteiger partial charge in [0.25, 0.3) is 0 Å². The Morgan fingerprint density at radius 3 is 2.59 bits per heavy atom. The number of rotatable bonds is 4. The average Bonchev–Trinajstić information content (AvgIpc) is 3.32. The zero-order valence-electron chi connectivity index (χ0n) is 17.6. The smallest absolute Gasteiger partial charge is 0.231 e. The van der Waals surface area contributed by atoms with E-state index in [4.69, 9.17) is 19.4 Å². The summed E-state index contributed by atoms with van der Waals surface area (Å²) in [5.41, 5.74) is 3.13. The predicted octanol–water partition coefficient (Wildman–Crippen LogP) is 3.74. The highest BCUT2D eigenvalue weighted by Gasteiger charge is 2.22. The summed E-state index contributed by atoms with van der Waals surface area (Å²) in [6.07, 6.45) is 3.59. The molecule has 0 N–H and O–H groups in total. The van der Waals surface area contributed by atoms with Crippen molar-refractivity contribution in [2.45, 2.75) is 6.54 Å². The van der Waals surface area contributed by atoms with Gasteiger partial charge in [-0.3, -0.25) is 9.88 Å². The van der Waals surface area contributed by atoms with Gasteiger partial charge in [0.2, 0.25) is 6.79 Å². The van der Waals surface area contributed by atoms with Crippen LogP contribution in [0.1, 0.15) is 5.56 Å². The third kappa shape index (κ3) is 3.61. The van der Waals surface area contributed by atoms with E-state index < -0.39 is 0 Å². The number of piperazine rings is 1. The molecule has 0 bridgehead atoms. The molecule has 32 heavy (non-hydrogen) atoms. The highest BCUT2D eigenvalue weighted by atomic mass is 16.7. The molecule has 0 radical (unpaired) electrons. The molecule has 0 atom stereocenters. The second kappa shape index (κ2) is 8.09. The summed E-state index contributed by atoms with van der Waals surface area (Å²) in [7, 11) is 0. The maximum Gasteiger partial charge on any atom is 0.231 e. The van der Waals surface area contributed by atoms with E-state index in [1.807, 2.05) is 30.5 Å². The number of ether oxygens (including phenoxy) is 2. The summed E-state index contributed by atoms with van der Waals surface area (Å²) in [6, 6.07) is 18.4. The first-order valence-corrected chi connectivity index (χ1v) is 10.9. The highest BCUT2D eigenvalue weighted by Crippen LogP contribution is 2.33. The molecule has 0 saturated carbocycles. The molecule has 4 aromatic rings. The van der Waals surface area contributed by atoms with Crippen molar-refractivity contribution in [3.8, 4) is 22.9 Å². The summed E-state index contributed by atoms with van der Waals surface area (Å²) >= 11 is 0. The third-order valence-corrected chi connectivity index (χ3v) is 6.02. The van der Waals surface area contributed by atoms with E-state index >= 15 is 0 Å². The van der Waals surface area contributed by atoms with Gasteiger partial charge in [-0.15, -0.1) is 0 Å². The van der Waals surface area contributed by atoms with Crippen LogP contribution in [-0.2, 0) is 6.54 Å². The third-order valence-electron chi connectivity index (χ3n) is 6.02. The predicted molar refractivity (Wildman–Crippen MR) is 123 cm³/mol. The minimum atomic E-state index is 0.311. The van der Waals surface area contributed by atoms with Crippen LogP contribution in [0.3, 0.4) is 0 Å². The maximum absolute atomic E-state index is 5.52. The van der Waals surface area contributed by atoms with Gasteiger partial charge in [0.1, 0.15) is 5.82 Å². The molecule has 4 heterocycles. The standard InChI is InChI=1S/C25H23N5O2/c1-2-6-21-20(5-1)25(28-24(27-21)19-4-3-9-26-15-19)30-12-10-29(11-13-30)16-18-7-8-22-23(14-18)32-17-31-22/h1-9,14-15H,10-13,16-17H2. The van der Waals surface area contributed by atoms with Crippen LogP contribution in [0, 0.1) is 0 Å². The first kappa shape index (κ1) is 19.0. The van der Waals surface area contributed by atoms with Gasteiger partial charge in [-0.05, 0) is 42.0 Å². The normalized spacial score (nSPS) is 15.9. The average molecular weight is 425 g/mol. The molecule has 0 unspecified atom stereocenters. The molecule has 2 aromatic heterocycles. The van der Waals surface area contributed by atoms with E-state index in [0.29, 0.717) is 6.79 Å². The molecule has 1 saturated heterocycles. The van der Waals surface area contributed by atoms with Crippen LogP contribution in [-0.4, -0.2) is 52.8 Å². The van der Waals surface area contributed by atoms with Crippen LogP contribution in [0.25, 0.3) is 22.3 Å². The lowest BCUT2D eigenvalue weighted by Crippen LogP contribution is -2.46. The SMILES string of the molecule is c1cncc(-c2nc(N3CCN(Cc4ccc5c(c4)OCO5)CC3)c3ccccc3n2)c1. The summed E-state index contributed by atoms with van der Waals surface area (Å²) in [5, 5.41) is 1.09. The minimum absolute atomic E-state index is 0.311. The first-order valence-electron chi connectivity index (χ1n) is 10.9. The topological polar surface area (TPSA) is 63.6 Å². The van der Waals surface area contributed by atoms with Crippen molar-refractivity contribution in [1.29, 1.82) is 0 Å². The molecule has 7 heteroatoms. The Morgan fingerprint density at radius 1 is 0.844 bits per heavy atom. The largest absolute Gasteiger partial charge is 0.454 e.